The Bertz CT molecular complexity index is 53.0. The van der Waals surface area contributed by atoms with Gasteiger partial charge in [0, 0.05) is 13.7 Å². The quantitative estimate of drug-likeness (QED) is 0.411. The monoisotopic (exact) mass is 133 g/mol. The molecule has 0 aromatic rings. The van der Waals surface area contributed by atoms with E-state index in [1.54, 1.807) is 0 Å². The zero-order valence-electron chi connectivity index (χ0n) is 5.80. The van der Waals surface area contributed by atoms with Crippen LogP contribution in [0.25, 0.3) is 0 Å². The fourth-order valence-corrected chi connectivity index (χ4v) is 0.833. The van der Waals surface area contributed by atoms with E-state index in [2.05, 4.69) is 5.32 Å². The van der Waals surface area contributed by atoms with Crippen molar-refractivity contribution in [3.8, 4) is 0 Å². The van der Waals surface area contributed by atoms with Gasteiger partial charge < -0.3 is 15.5 Å². The largest absolute Gasteiger partial charge is 0.400 e. The van der Waals surface area contributed by atoms with E-state index in [-0.39, 0.29) is 6.10 Å². The predicted octanol–water partition coefficient (Wildman–Crippen LogP) is -0.661. The minimum atomic E-state index is -0.0752. The summed E-state index contributed by atoms with van der Waals surface area (Å²) in [6.45, 7) is 1.87. The number of nitrogens with one attached hydrogen (secondary N) is 1. The zero-order valence-corrected chi connectivity index (χ0v) is 5.80. The Balaban J connectivity index is 0.000000291. The average Bonchev–Trinajstić information content (AvgIpc) is 1.94. The molecular weight excluding hydrogens is 118 g/mol. The van der Waals surface area contributed by atoms with Gasteiger partial charge in [-0.2, -0.15) is 0 Å². The van der Waals surface area contributed by atoms with Crippen molar-refractivity contribution in [3.63, 3.8) is 0 Å². The van der Waals surface area contributed by atoms with Gasteiger partial charge in [0.1, 0.15) is 0 Å². The molecule has 0 amide bonds. The Labute approximate surface area is 55.7 Å². The lowest BCUT2D eigenvalue weighted by Crippen LogP contribution is -2.33. The summed E-state index contributed by atoms with van der Waals surface area (Å²) in [4.78, 5) is 0. The molecular formula is C6H15NO2. The summed E-state index contributed by atoms with van der Waals surface area (Å²) in [5.41, 5.74) is 0. The van der Waals surface area contributed by atoms with E-state index in [4.69, 9.17) is 10.2 Å². The van der Waals surface area contributed by atoms with Gasteiger partial charge in [-0.25, -0.2) is 0 Å². The van der Waals surface area contributed by atoms with Gasteiger partial charge in [0.05, 0.1) is 6.10 Å². The second-order valence-electron chi connectivity index (χ2n) is 2.00. The predicted molar refractivity (Wildman–Crippen MR) is 36.3 cm³/mol. The lowest BCUT2D eigenvalue weighted by molar-refractivity contribution is 0.142. The van der Waals surface area contributed by atoms with E-state index in [9.17, 15) is 0 Å². The van der Waals surface area contributed by atoms with Gasteiger partial charge in [0.25, 0.3) is 0 Å². The van der Waals surface area contributed by atoms with Crippen LogP contribution < -0.4 is 5.32 Å². The van der Waals surface area contributed by atoms with Crippen LogP contribution >= 0.6 is 0 Å². The Morgan fingerprint density at radius 2 is 2.11 bits per heavy atom. The molecule has 0 aromatic heterocycles. The molecule has 0 aromatic carbocycles. The highest BCUT2D eigenvalue weighted by Crippen LogP contribution is 1.98. The molecule has 0 saturated carbocycles. The topological polar surface area (TPSA) is 52.5 Å². The lowest BCUT2D eigenvalue weighted by Gasteiger charge is -2.16. The summed E-state index contributed by atoms with van der Waals surface area (Å²) < 4.78 is 0. The van der Waals surface area contributed by atoms with E-state index in [0.717, 1.165) is 33.0 Å². The normalized spacial score (nSPS) is 26.3. The fraction of sp³-hybridized carbons (Fsp3) is 1.00. The first kappa shape index (κ1) is 8.88. The molecule has 0 aliphatic carbocycles. The van der Waals surface area contributed by atoms with Gasteiger partial charge >= 0.3 is 0 Å². The second-order valence-corrected chi connectivity index (χ2v) is 2.00. The molecule has 1 aliphatic heterocycles. The van der Waals surface area contributed by atoms with E-state index < -0.39 is 0 Å². The molecule has 1 heterocycles. The molecule has 1 atom stereocenters. The first-order valence-electron chi connectivity index (χ1n) is 3.23. The molecule has 0 spiro atoms. The third kappa shape index (κ3) is 4.39. The molecule has 56 valence electrons. The standard InChI is InChI=1S/C5H11NO.CH4O/c7-5-2-1-3-6-4-5;1-2/h5-7H,1-4H2;2H,1H3. The highest BCUT2D eigenvalue weighted by atomic mass is 16.3. The maximum absolute atomic E-state index is 8.85. The summed E-state index contributed by atoms with van der Waals surface area (Å²) in [5, 5.41) is 18.9. The third-order valence-electron chi connectivity index (χ3n) is 1.27. The van der Waals surface area contributed by atoms with Crippen molar-refractivity contribution < 1.29 is 10.2 Å². The SMILES string of the molecule is CO.OC1CCCNC1. The van der Waals surface area contributed by atoms with E-state index in [1.165, 1.54) is 0 Å². The van der Waals surface area contributed by atoms with Crippen LogP contribution in [-0.4, -0.2) is 36.5 Å². The fourth-order valence-electron chi connectivity index (χ4n) is 0.833. The van der Waals surface area contributed by atoms with Gasteiger partial charge in [0.2, 0.25) is 0 Å². The van der Waals surface area contributed by atoms with Gasteiger partial charge in [0.15, 0.2) is 0 Å². The molecule has 3 nitrogen and oxygen atoms in total. The van der Waals surface area contributed by atoms with Gasteiger partial charge in [-0.05, 0) is 19.4 Å². The van der Waals surface area contributed by atoms with E-state index in [0.29, 0.717) is 0 Å². The number of hydrogen-bond donors (Lipinski definition) is 3. The summed E-state index contributed by atoms with van der Waals surface area (Å²) in [6, 6.07) is 0. The van der Waals surface area contributed by atoms with Crippen molar-refractivity contribution in [2.24, 2.45) is 0 Å². The zero-order chi connectivity index (χ0) is 7.11. The molecule has 1 rings (SSSR count). The number of aliphatic hydroxyl groups excluding tert-OH is 2. The van der Waals surface area contributed by atoms with Crippen LogP contribution in [-0.2, 0) is 0 Å². The van der Waals surface area contributed by atoms with Crippen molar-refractivity contribution in [2.75, 3.05) is 20.2 Å². The first-order valence-corrected chi connectivity index (χ1v) is 3.23. The van der Waals surface area contributed by atoms with Gasteiger partial charge in [-0.3, -0.25) is 0 Å². The molecule has 0 bridgehead atoms. The number of β-amino-alcohol motifs (C(OH)–C–C–N with tert-alkyl or cyclic N) is 1. The first-order chi connectivity index (χ1) is 4.39. The summed E-state index contributed by atoms with van der Waals surface area (Å²) >= 11 is 0. The Morgan fingerprint density at radius 3 is 2.33 bits per heavy atom. The second kappa shape index (κ2) is 6.01. The summed E-state index contributed by atoms with van der Waals surface area (Å²) in [5.74, 6) is 0. The molecule has 0 radical (unpaired) electrons. The molecule has 1 fully saturated rings. The molecule has 3 heteroatoms. The molecule has 9 heavy (non-hydrogen) atoms. The van der Waals surface area contributed by atoms with Crippen LogP contribution in [0.2, 0.25) is 0 Å². The Kier molecular flexibility index (Phi) is 5.93. The molecule has 1 saturated heterocycles. The smallest absolute Gasteiger partial charge is 0.0665 e. The van der Waals surface area contributed by atoms with Crippen LogP contribution in [0.15, 0.2) is 0 Å². The Hall–Kier alpha value is -0.120. The van der Waals surface area contributed by atoms with E-state index in [1.807, 2.05) is 0 Å². The van der Waals surface area contributed by atoms with E-state index >= 15 is 0 Å². The molecule has 3 N–H and O–H groups in total. The number of piperidine rings is 1. The maximum atomic E-state index is 8.85. The van der Waals surface area contributed by atoms with Crippen LogP contribution in [0.4, 0.5) is 0 Å². The number of rotatable bonds is 0. The van der Waals surface area contributed by atoms with Crippen molar-refractivity contribution >= 4 is 0 Å². The van der Waals surface area contributed by atoms with Crippen LogP contribution in [0.3, 0.4) is 0 Å². The lowest BCUT2D eigenvalue weighted by atomic mass is 10.1. The highest BCUT2D eigenvalue weighted by molar-refractivity contribution is 4.65. The van der Waals surface area contributed by atoms with Crippen LogP contribution in [0.5, 0.6) is 0 Å². The minimum Gasteiger partial charge on any atom is -0.400 e. The maximum Gasteiger partial charge on any atom is 0.0665 e. The van der Waals surface area contributed by atoms with Gasteiger partial charge in [-0.1, -0.05) is 0 Å². The minimum absolute atomic E-state index is 0.0752. The van der Waals surface area contributed by atoms with Crippen molar-refractivity contribution in [1.82, 2.24) is 5.32 Å². The molecule has 1 unspecified atom stereocenters. The highest BCUT2D eigenvalue weighted by Gasteiger charge is 2.06. The van der Waals surface area contributed by atoms with Crippen LogP contribution in [0, 0.1) is 0 Å². The van der Waals surface area contributed by atoms with Crippen molar-refractivity contribution in [2.45, 2.75) is 18.9 Å². The molecule has 1 aliphatic rings. The average molecular weight is 133 g/mol. The van der Waals surface area contributed by atoms with Gasteiger partial charge in [-0.15, -0.1) is 0 Å². The van der Waals surface area contributed by atoms with Crippen LogP contribution in [0.1, 0.15) is 12.8 Å². The number of hydrogen-bond acceptors (Lipinski definition) is 3. The Morgan fingerprint density at radius 1 is 1.44 bits per heavy atom. The van der Waals surface area contributed by atoms with Crippen molar-refractivity contribution in [1.29, 1.82) is 0 Å². The summed E-state index contributed by atoms with van der Waals surface area (Å²) in [7, 11) is 1.00. The number of aliphatic hydroxyl groups is 2. The van der Waals surface area contributed by atoms with Crippen molar-refractivity contribution in [3.05, 3.63) is 0 Å². The summed E-state index contributed by atoms with van der Waals surface area (Å²) in [6.07, 6.45) is 2.03. The third-order valence-corrected chi connectivity index (χ3v) is 1.27.